The molecule has 0 spiro atoms. The predicted molar refractivity (Wildman–Crippen MR) is 73.2 cm³/mol. The molecule has 2 rings (SSSR count). The van der Waals surface area contributed by atoms with Crippen LogP contribution < -0.4 is 0 Å². The molecule has 0 aliphatic heterocycles. The number of aryl methyl sites for hydroxylation is 1. The summed E-state index contributed by atoms with van der Waals surface area (Å²) in [5.41, 5.74) is 2.34. The van der Waals surface area contributed by atoms with Gasteiger partial charge in [0.15, 0.2) is 0 Å². The van der Waals surface area contributed by atoms with Gasteiger partial charge >= 0.3 is 5.97 Å². The van der Waals surface area contributed by atoms with Crippen LogP contribution in [-0.4, -0.2) is 18.1 Å². The van der Waals surface area contributed by atoms with Gasteiger partial charge < -0.3 is 4.74 Å². The zero-order valence-electron chi connectivity index (χ0n) is 10.2. The van der Waals surface area contributed by atoms with Crippen LogP contribution in [0.3, 0.4) is 0 Å². The first-order valence-electron chi connectivity index (χ1n) is 5.48. The Balaban J connectivity index is 2.43. The molecule has 0 amide bonds. The Bertz CT molecular complexity index is 572. The maximum Gasteiger partial charge on any atom is 0.340 e. The molecule has 2 aromatic rings. The third kappa shape index (κ3) is 2.84. The van der Waals surface area contributed by atoms with Crippen LogP contribution in [0.5, 0.6) is 0 Å². The van der Waals surface area contributed by atoms with Gasteiger partial charge in [0.25, 0.3) is 0 Å². The van der Waals surface area contributed by atoms with E-state index < -0.39 is 0 Å². The highest BCUT2D eigenvalue weighted by atomic mass is 32.1. The molecule has 4 heteroatoms. The fourth-order valence-electron chi connectivity index (χ4n) is 1.51. The number of methoxy groups -OCH3 is 1. The lowest BCUT2D eigenvalue weighted by Gasteiger charge is -2.02. The molecule has 0 aliphatic carbocycles. The molecular weight excluding hydrogens is 246 g/mol. The second-order valence-electron chi connectivity index (χ2n) is 3.75. The fourth-order valence-corrected chi connectivity index (χ4v) is 2.31. The molecule has 1 aromatic heterocycles. The van der Waals surface area contributed by atoms with Crippen molar-refractivity contribution in [3.8, 4) is 0 Å². The first kappa shape index (κ1) is 12.5. The number of ether oxygens (including phenoxy) is 1. The standard InChI is InChI=1S/C14H13NO2S/c1-10-9-18-13(15-10)12(14(16)17-2)8-11-6-4-3-5-7-11/h3-9H,1-2H3/b12-8-. The highest BCUT2D eigenvalue weighted by Crippen LogP contribution is 2.23. The van der Waals surface area contributed by atoms with E-state index in [4.69, 9.17) is 4.74 Å². The summed E-state index contributed by atoms with van der Waals surface area (Å²) < 4.78 is 4.81. The first-order valence-corrected chi connectivity index (χ1v) is 6.36. The van der Waals surface area contributed by atoms with E-state index in [1.807, 2.05) is 42.6 Å². The Labute approximate surface area is 110 Å². The molecule has 0 saturated carbocycles. The zero-order valence-corrected chi connectivity index (χ0v) is 11.0. The molecular formula is C14H13NO2S. The van der Waals surface area contributed by atoms with E-state index in [9.17, 15) is 4.79 Å². The number of benzene rings is 1. The van der Waals surface area contributed by atoms with Gasteiger partial charge in [-0.15, -0.1) is 11.3 Å². The summed E-state index contributed by atoms with van der Waals surface area (Å²) in [7, 11) is 1.38. The van der Waals surface area contributed by atoms with Gasteiger partial charge in [-0.2, -0.15) is 0 Å². The lowest BCUT2D eigenvalue weighted by Crippen LogP contribution is -2.03. The summed E-state index contributed by atoms with van der Waals surface area (Å²) in [6.45, 7) is 1.90. The molecule has 0 N–H and O–H groups in total. The number of hydrogen-bond donors (Lipinski definition) is 0. The number of hydrogen-bond acceptors (Lipinski definition) is 4. The molecule has 0 radical (unpaired) electrons. The number of carbonyl (C=O) groups is 1. The van der Waals surface area contributed by atoms with Gasteiger partial charge in [-0.3, -0.25) is 0 Å². The van der Waals surface area contributed by atoms with Crippen molar-refractivity contribution in [3.05, 3.63) is 52.0 Å². The van der Waals surface area contributed by atoms with Gasteiger partial charge in [0.05, 0.1) is 12.7 Å². The lowest BCUT2D eigenvalue weighted by molar-refractivity contribution is -0.133. The monoisotopic (exact) mass is 259 g/mol. The molecule has 0 saturated heterocycles. The van der Waals surface area contributed by atoms with E-state index in [2.05, 4.69) is 4.98 Å². The van der Waals surface area contributed by atoms with Gasteiger partial charge in [0, 0.05) is 11.1 Å². The summed E-state index contributed by atoms with van der Waals surface area (Å²) >= 11 is 1.44. The maximum atomic E-state index is 11.8. The van der Waals surface area contributed by atoms with E-state index in [-0.39, 0.29) is 5.97 Å². The van der Waals surface area contributed by atoms with Crippen molar-refractivity contribution in [2.45, 2.75) is 6.92 Å². The van der Waals surface area contributed by atoms with Crippen LogP contribution in [0.1, 0.15) is 16.3 Å². The second-order valence-corrected chi connectivity index (χ2v) is 4.61. The van der Waals surface area contributed by atoms with Crippen molar-refractivity contribution in [1.82, 2.24) is 4.98 Å². The molecule has 1 heterocycles. The minimum absolute atomic E-state index is 0.367. The SMILES string of the molecule is COC(=O)/C(=C\c1ccccc1)c1nc(C)cs1. The molecule has 0 fully saturated rings. The summed E-state index contributed by atoms with van der Waals surface area (Å²) in [5, 5.41) is 2.60. The van der Waals surface area contributed by atoms with Gasteiger partial charge in [-0.05, 0) is 18.6 Å². The average molecular weight is 259 g/mol. The van der Waals surface area contributed by atoms with Crippen molar-refractivity contribution < 1.29 is 9.53 Å². The molecule has 0 unspecified atom stereocenters. The number of thiazole rings is 1. The van der Waals surface area contributed by atoms with Crippen LogP contribution in [0.2, 0.25) is 0 Å². The minimum atomic E-state index is -0.367. The smallest absolute Gasteiger partial charge is 0.340 e. The van der Waals surface area contributed by atoms with Gasteiger partial charge in [-0.25, -0.2) is 9.78 Å². The predicted octanol–water partition coefficient (Wildman–Crippen LogP) is 3.17. The number of aromatic nitrogens is 1. The average Bonchev–Trinajstić information content (AvgIpc) is 2.83. The Morgan fingerprint density at radius 2 is 2.06 bits per heavy atom. The summed E-state index contributed by atoms with van der Waals surface area (Å²) in [4.78, 5) is 16.1. The molecule has 0 aliphatic rings. The minimum Gasteiger partial charge on any atom is -0.465 e. The number of esters is 1. The van der Waals surface area contributed by atoms with Crippen LogP contribution in [0.4, 0.5) is 0 Å². The van der Waals surface area contributed by atoms with Crippen LogP contribution in [0.25, 0.3) is 11.6 Å². The molecule has 3 nitrogen and oxygen atoms in total. The normalized spacial score (nSPS) is 11.3. The first-order chi connectivity index (χ1) is 8.70. The molecule has 92 valence electrons. The van der Waals surface area contributed by atoms with E-state index in [1.165, 1.54) is 18.4 Å². The van der Waals surface area contributed by atoms with Gasteiger partial charge in [0.2, 0.25) is 0 Å². The largest absolute Gasteiger partial charge is 0.465 e. The quantitative estimate of drug-likeness (QED) is 0.628. The van der Waals surface area contributed by atoms with Gasteiger partial charge in [0.1, 0.15) is 5.01 Å². The van der Waals surface area contributed by atoms with Crippen molar-refractivity contribution in [2.75, 3.05) is 7.11 Å². The Morgan fingerprint density at radius 1 is 1.33 bits per heavy atom. The molecule has 1 aromatic carbocycles. The Morgan fingerprint density at radius 3 is 2.61 bits per heavy atom. The fraction of sp³-hybridized carbons (Fsp3) is 0.143. The third-order valence-electron chi connectivity index (χ3n) is 2.37. The van der Waals surface area contributed by atoms with Crippen molar-refractivity contribution in [1.29, 1.82) is 0 Å². The molecule has 18 heavy (non-hydrogen) atoms. The van der Waals surface area contributed by atoms with E-state index >= 15 is 0 Å². The molecule has 0 atom stereocenters. The topological polar surface area (TPSA) is 39.2 Å². The highest BCUT2D eigenvalue weighted by Gasteiger charge is 2.15. The van der Waals surface area contributed by atoms with Crippen molar-refractivity contribution in [3.63, 3.8) is 0 Å². The van der Waals surface area contributed by atoms with Crippen molar-refractivity contribution >= 4 is 29.0 Å². The van der Waals surface area contributed by atoms with Crippen LogP contribution >= 0.6 is 11.3 Å². The van der Waals surface area contributed by atoms with Crippen molar-refractivity contribution in [2.24, 2.45) is 0 Å². The number of nitrogens with zero attached hydrogens (tertiary/aromatic N) is 1. The van der Waals surface area contributed by atoms with E-state index in [0.717, 1.165) is 11.3 Å². The van der Waals surface area contributed by atoms with E-state index in [0.29, 0.717) is 10.6 Å². The number of rotatable bonds is 3. The van der Waals surface area contributed by atoms with Crippen LogP contribution in [0, 0.1) is 6.92 Å². The summed E-state index contributed by atoms with van der Waals surface area (Å²) in [6, 6.07) is 9.65. The van der Waals surface area contributed by atoms with Gasteiger partial charge in [-0.1, -0.05) is 30.3 Å². The molecule has 0 bridgehead atoms. The summed E-state index contributed by atoms with van der Waals surface area (Å²) in [5.74, 6) is -0.367. The zero-order chi connectivity index (χ0) is 13.0. The van der Waals surface area contributed by atoms with Crippen LogP contribution in [0.15, 0.2) is 35.7 Å². The number of carbonyl (C=O) groups excluding carboxylic acids is 1. The highest BCUT2D eigenvalue weighted by molar-refractivity contribution is 7.11. The Hall–Kier alpha value is -1.94. The van der Waals surface area contributed by atoms with E-state index in [1.54, 1.807) is 6.08 Å². The summed E-state index contributed by atoms with van der Waals surface area (Å²) in [6.07, 6.45) is 1.80. The second kappa shape index (κ2) is 5.60. The Kier molecular flexibility index (Phi) is 3.89. The van der Waals surface area contributed by atoms with Crippen LogP contribution in [-0.2, 0) is 9.53 Å². The lowest BCUT2D eigenvalue weighted by atomic mass is 10.1. The maximum absolute atomic E-state index is 11.8. The third-order valence-corrected chi connectivity index (χ3v) is 3.36.